The van der Waals surface area contributed by atoms with E-state index in [2.05, 4.69) is 17.1 Å². The van der Waals surface area contributed by atoms with Crippen LogP contribution in [0.15, 0.2) is 53.9 Å². The number of thiazole rings is 1. The highest BCUT2D eigenvalue weighted by molar-refractivity contribution is 7.09. The van der Waals surface area contributed by atoms with Crippen molar-refractivity contribution in [1.29, 1.82) is 0 Å². The second-order valence-electron chi connectivity index (χ2n) is 5.19. The first kappa shape index (κ1) is 16.5. The van der Waals surface area contributed by atoms with Crippen molar-refractivity contribution in [3.8, 4) is 5.75 Å². The average Bonchev–Trinajstić information content (AvgIpc) is 3.02. The predicted octanol–water partition coefficient (Wildman–Crippen LogP) is 4.07. The number of primary amides is 1. The first-order valence-corrected chi connectivity index (χ1v) is 8.57. The van der Waals surface area contributed by atoms with Crippen LogP contribution >= 0.6 is 22.9 Å². The van der Waals surface area contributed by atoms with Crippen LogP contribution in [0.1, 0.15) is 26.6 Å². The molecule has 1 amide bonds. The summed E-state index contributed by atoms with van der Waals surface area (Å²) in [5.41, 5.74) is 7.65. The molecule has 1 heterocycles. The van der Waals surface area contributed by atoms with E-state index in [0.717, 1.165) is 17.1 Å². The van der Waals surface area contributed by atoms with Crippen molar-refractivity contribution in [2.45, 2.75) is 13.0 Å². The van der Waals surface area contributed by atoms with Gasteiger partial charge in [-0.1, -0.05) is 41.9 Å². The van der Waals surface area contributed by atoms with E-state index in [0.29, 0.717) is 10.8 Å². The van der Waals surface area contributed by atoms with Gasteiger partial charge in [0.05, 0.1) is 16.3 Å². The lowest BCUT2D eigenvalue weighted by atomic mass is 10.2. The third kappa shape index (κ3) is 4.13. The standard InChI is InChI=1S/C18H15ClN2O2S/c19-13-6-7-16(15(9-13)18(20)22)23-10-14-11-24-17(21-14)8-12-4-2-1-3-5-12/h1-7,9,11H,8,10H2,(H2,20,22). The number of benzene rings is 2. The zero-order valence-electron chi connectivity index (χ0n) is 12.7. The number of carbonyl (C=O) groups excluding carboxylic acids is 1. The summed E-state index contributed by atoms with van der Waals surface area (Å²) in [6.45, 7) is 0.271. The Morgan fingerprint density at radius 1 is 1.21 bits per heavy atom. The molecule has 0 aliphatic heterocycles. The van der Waals surface area contributed by atoms with Gasteiger partial charge < -0.3 is 10.5 Å². The van der Waals surface area contributed by atoms with Crippen LogP contribution in [-0.2, 0) is 13.0 Å². The largest absolute Gasteiger partial charge is 0.486 e. The zero-order valence-corrected chi connectivity index (χ0v) is 14.3. The molecule has 2 N–H and O–H groups in total. The van der Waals surface area contributed by atoms with E-state index in [4.69, 9.17) is 22.1 Å². The van der Waals surface area contributed by atoms with E-state index in [1.54, 1.807) is 23.5 Å². The molecule has 0 radical (unpaired) electrons. The molecule has 0 bridgehead atoms. The molecule has 24 heavy (non-hydrogen) atoms. The van der Waals surface area contributed by atoms with Gasteiger partial charge in [0.2, 0.25) is 0 Å². The van der Waals surface area contributed by atoms with Gasteiger partial charge in [-0.2, -0.15) is 0 Å². The summed E-state index contributed by atoms with van der Waals surface area (Å²) in [5, 5.41) is 3.42. The van der Waals surface area contributed by atoms with Gasteiger partial charge in [0, 0.05) is 16.8 Å². The highest BCUT2D eigenvalue weighted by Gasteiger charge is 2.11. The Hall–Kier alpha value is -2.37. The van der Waals surface area contributed by atoms with Crippen LogP contribution in [0, 0.1) is 0 Å². The second kappa shape index (κ2) is 7.47. The zero-order chi connectivity index (χ0) is 16.9. The normalized spacial score (nSPS) is 10.5. The molecular weight excluding hydrogens is 344 g/mol. The molecule has 122 valence electrons. The van der Waals surface area contributed by atoms with E-state index in [1.165, 1.54) is 11.6 Å². The maximum Gasteiger partial charge on any atom is 0.252 e. The summed E-state index contributed by atoms with van der Waals surface area (Å²) >= 11 is 7.47. The number of nitrogens with two attached hydrogens (primary N) is 1. The molecule has 1 aromatic heterocycles. The topological polar surface area (TPSA) is 65.2 Å². The lowest BCUT2D eigenvalue weighted by Gasteiger charge is -2.08. The summed E-state index contributed by atoms with van der Waals surface area (Å²) in [7, 11) is 0. The van der Waals surface area contributed by atoms with Crippen LogP contribution < -0.4 is 10.5 Å². The number of halogens is 1. The Morgan fingerprint density at radius 2 is 2.00 bits per heavy atom. The van der Waals surface area contributed by atoms with Crippen molar-refractivity contribution in [3.63, 3.8) is 0 Å². The molecule has 4 nitrogen and oxygen atoms in total. The third-order valence-corrected chi connectivity index (χ3v) is 4.51. The Morgan fingerprint density at radius 3 is 2.75 bits per heavy atom. The molecule has 6 heteroatoms. The molecule has 0 aliphatic carbocycles. The van der Waals surface area contributed by atoms with Crippen molar-refractivity contribution in [2.75, 3.05) is 0 Å². The van der Waals surface area contributed by atoms with Gasteiger partial charge >= 0.3 is 0 Å². The molecule has 3 aromatic rings. The summed E-state index contributed by atoms with van der Waals surface area (Å²) in [4.78, 5) is 16.0. The van der Waals surface area contributed by atoms with E-state index in [9.17, 15) is 4.79 Å². The molecule has 0 atom stereocenters. The van der Waals surface area contributed by atoms with Gasteiger partial charge in [0.15, 0.2) is 0 Å². The molecule has 2 aromatic carbocycles. The first-order chi connectivity index (χ1) is 11.6. The summed E-state index contributed by atoms with van der Waals surface area (Å²) in [5.74, 6) is -0.167. The van der Waals surface area contributed by atoms with Gasteiger partial charge in [-0.25, -0.2) is 4.98 Å². The van der Waals surface area contributed by atoms with Crippen LogP contribution in [0.3, 0.4) is 0 Å². The van der Waals surface area contributed by atoms with Crippen LogP contribution in [0.2, 0.25) is 5.02 Å². The number of nitrogens with zero attached hydrogens (tertiary/aromatic N) is 1. The SMILES string of the molecule is NC(=O)c1cc(Cl)ccc1OCc1csc(Cc2ccccc2)n1. The Labute approximate surface area is 148 Å². The number of carbonyl (C=O) groups is 1. The molecule has 0 aliphatic rings. The number of aromatic nitrogens is 1. The highest BCUT2D eigenvalue weighted by atomic mass is 35.5. The molecular formula is C18H15ClN2O2S. The molecule has 0 saturated heterocycles. The minimum absolute atomic E-state index is 0.266. The van der Waals surface area contributed by atoms with Gasteiger partial charge in [-0.15, -0.1) is 11.3 Å². The molecule has 0 spiro atoms. The van der Waals surface area contributed by atoms with Crippen LogP contribution in [0.4, 0.5) is 0 Å². The molecule has 3 rings (SSSR count). The lowest BCUT2D eigenvalue weighted by Crippen LogP contribution is -2.13. The van der Waals surface area contributed by atoms with Crippen LogP contribution in [0.5, 0.6) is 5.75 Å². The van der Waals surface area contributed by atoms with Gasteiger partial charge in [0.25, 0.3) is 5.91 Å². The number of amides is 1. The summed E-state index contributed by atoms with van der Waals surface area (Å²) in [6, 6.07) is 15.0. The van der Waals surface area contributed by atoms with Crippen LogP contribution in [-0.4, -0.2) is 10.9 Å². The fourth-order valence-electron chi connectivity index (χ4n) is 2.24. The quantitative estimate of drug-likeness (QED) is 0.722. The third-order valence-electron chi connectivity index (χ3n) is 3.38. The number of hydrogen-bond donors (Lipinski definition) is 1. The van der Waals surface area contributed by atoms with E-state index in [1.807, 2.05) is 23.6 Å². The van der Waals surface area contributed by atoms with Crippen molar-refractivity contribution in [1.82, 2.24) is 4.98 Å². The molecule has 0 fully saturated rings. The van der Waals surface area contributed by atoms with Gasteiger partial charge in [-0.3, -0.25) is 4.79 Å². The van der Waals surface area contributed by atoms with Gasteiger partial charge in [-0.05, 0) is 23.8 Å². The fraction of sp³-hybridized carbons (Fsp3) is 0.111. The van der Waals surface area contributed by atoms with Crippen molar-refractivity contribution in [2.24, 2.45) is 5.73 Å². The van der Waals surface area contributed by atoms with Gasteiger partial charge in [0.1, 0.15) is 12.4 Å². The first-order valence-electron chi connectivity index (χ1n) is 7.31. The van der Waals surface area contributed by atoms with Crippen molar-refractivity contribution in [3.05, 3.63) is 80.8 Å². The molecule has 0 unspecified atom stereocenters. The van der Waals surface area contributed by atoms with Crippen LogP contribution in [0.25, 0.3) is 0 Å². The number of hydrogen-bond acceptors (Lipinski definition) is 4. The number of rotatable bonds is 6. The average molecular weight is 359 g/mol. The molecule has 0 saturated carbocycles. The second-order valence-corrected chi connectivity index (χ2v) is 6.57. The summed E-state index contributed by atoms with van der Waals surface area (Å²) in [6.07, 6.45) is 0.791. The van der Waals surface area contributed by atoms with Crippen molar-refractivity contribution >= 4 is 28.8 Å². The number of ether oxygens (including phenoxy) is 1. The van der Waals surface area contributed by atoms with E-state index >= 15 is 0 Å². The Bertz CT molecular complexity index is 849. The van der Waals surface area contributed by atoms with E-state index < -0.39 is 5.91 Å². The summed E-state index contributed by atoms with van der Waals surface area (Å²) < 4.78 is 5.69. The van der Waals surface area contributed by atoms with Crippen molar-refractivity contribution < 1.29 is 9.53 Å². The smallest absolute Gasteiger partial charge is 0.252 e. The Balaban J connectivity index is 1.67. The monoisotopic (exact) mass is 358 g/mol. The Kier molecular flexibility index (Phi) is 5.13. The maximum atomic E-state index is 11.5. The maximum absolute atomic E-state index is 11.5. The lowest BCUT2D eigenvalue weighted by molar-refractivity contribution is 0.0996. The fourth-order valence-corrected chi connectivity index (χ4v) is 3.22. The predicted molar refractivity (Wildman–Crippen MR) is 95.7 cm³/mol. The minimum Gasteiger partial charge on any atom is -0.486 e. The van der Waals surface area contributed by atoms with E-state index in [-0.39, 0.29) is 12.2 Å². The minimum atomic E-state index is -0.574. The highest BCUT2D eigenvalue weighted by Crippen LogP contribution is 2.24.